The number of pyridine rings is 1. The lowest BCUT2D eigenvalue weighted by molar-refractivity contribution is -0.139. The Kier molecular flexibility index (Phi) is 6.65. The molecule has 1 aliphatic heterocycles. The molecule has 29 heavy (non-hydrogen) atoms. The number of carbonyl (C=O) groups excluding carboxylic acids is 2. The second-order valence-corrected chi connectivity index (χ2v) is 7.00. The van der Waals surface area contributed by atoms with E-state index in [0.717, 1.165) is 24.8 Å². The number of carbonyl (C=O) groups is 2. The van der Waals surface area contributed by atoms with Crippen molar-refractivity contribution < 1.29 is 19.4 Å². The quantitative estimate of drug-likeness (QED) is 0.414. The van der Waals surface area contributed by atoms with Crippen LogP contribution in [0.1, 0.15) is 50.3 Å². The van der Waals surface area contributed by atoms with E-state index in [4.69, 9.17) is 4.74 Å². The number of ketones is 1. The van der Waals surface area contributed by atoms with Gasteiger partial charge in [0.1, 0.15) is 11.5 Å². The molecule has 1 aliphatic rings. The largest absolute Gasteiger partial charge is 0.507 e. The van der Waals surface area contributed by atoms with Gasteiger partial charge >= 0.3 is 0 Å². The summed E-state index contributed by atoms with van der Waals surface area (Å²) in [5.41, 5.74) is 1.30. The molecular formula is C23H26N2O4. The minimum Gasteiger partial charge on any atom is -0.507 e. The number of aromatic nitrogens is 1. The van der Waals surface area contributed by atoms with Crippen LogP contribution in [0.2, 0.25) is 0 Å². The first-order valence-electron chi connectivity index (χ1n) is 10.00. The van der Waals surface area contributed by atoms with Crippen LogP contribution in [-0.2, 0) is 9.59 Å². The van der Waals surface area contributed by atoms with Gasteiger partial charge in [-0.3, -0.25) is 14.6 Å². The van der Waals surface area contributed by atoms with Gasteiger partial charge < -0.3 is 14.7 Å². The first kappa shape index (κ1) is 20.6. The Bertz CT molecular complexity index is 908. The molecule has 1 saturated heterocycles. The van der Waals surface area contributed by atoms with Gasteiger partial charge in [0.2, 0.25) is 0 Å². The number of rotatable bonds is 8. The van der Waals surface area contributed by atoms with E-state index in [2.05, 4.69) is 4.98 Å². The van der Waals surface area contributed by atoms with Gasteiger partial charge in [0.05, 0.1) is 18.2 Å². The Morgan fingerprint density at radius 1 is 1.14 bits per heavy atom. The number of nitrogens with zero attached hydrogens (tertiary/aromatic N) is 2. The highest BCUT2D eigenvalue weighted by Gasteiger charge is 2.45. The molecule has 1 aromatic heterocycles. The Balaban J connectivity index is 2.11. The minimum absolute atomic E-state index is 0.102. The van der Waals surface area contributed by atoms with Crippen molar-refractivity contribution in [2.45, 2.75) is 39.2 Å². The van der Waals surface area contributed by atoms with Crippen molar-refractivity contribution in [3.63, 3.8) is 0 Å². The third-order valence-electron chi connectivity index (χ3n) is 4.89. The zero-order chi connectivity index (χ0) is 20.8. The van der Waals surface area contributed by atoms with Gasteiger partial charge in [-0.1, -0.05) is 32.4 Å². The summed E-state index contributed by atoms with van der Waals surface area (Å²) in [5.74, 6) is -0.761. The summed E-state index contributed by atoms with van der Waals surface area (Å²) in [5, 5.41) is 10.9. The summed E-state index contributed by atoms with van der Waals surface area (Å²) in [4.78, 5) is 31.2. The smallest absolute Gasteiger partial charge is 0.295 e. The second-order valence-electron chi connectivity index (χ2n) is 7.00. The Labute approximate surface area is 170 Å². The van der Waals surface area contributed by atoms with Gasteiger partial charge in [-0.2, -0.15) is 0 Å². The minimum atomic E-state index is -0.666. The van der Waals surface area contributed by atoms with Gasteiger partial charge in [0.25, 0.3) is 11.7 Å². The first-order valence-corrected chi connectivity index (χ1v) is 10.00. The number of hydrogen-bond donors (Lipinski definition) is 1. The number of Topliss-reactive ketones (excluding diaryl/α,β-unsaturated/α-hetero) is 1. The van der Waals surface area contributed by atoms with E-state index in [1.165, 1.54) is 12.4 Å². The highest BCUT2D eigenvalue weighted by Crippen LogP contribution is 2.40. The van der Waals surface area contributed by atoms with Crippen LogP contribution in [-0.4, -0.2) is 39.8 Å². The molecule has 1 aromatic carbocycles. The maximum Gasteiger partial charge on any atom is 0.295 e. The second kappa shape index (κ2) is 9.37. The SMILES string of the molecule is CCCCN1C(=O)C(=O)/C(=C(\O)c2ccncc2)C1c1cccc(OCCC)c1. The third-order valence-corrected chi connectivity index (χ3v) is 4.89. The van der Waals surface area contributed by atoms with Gasteiger partial charge in [0, 0.05) is 24.5 Å². The van der Waals surface area contributed by atoms with E-state index in [0.29, 0.717) is 24.5 Å². The maximum atomic E-state index is 12.9. The molecule has 1 fully saturated rings. The van der Waals surface area contributed by atoms with Crippen molar-refractivity contribution in [3.8, 4) is 5.75 Å². The van der Waals surface area contributed by atoms with Gasteiger partial charge in [-0.05, 0) is 42.7 Å². The number of hydrogen-bond acceptors (Lipinski definition) is 5. The standard InChI is InChI=1S/C23H26N2O4/c1-3-5-13-25-20(17-7-6-8-18(15-17)29-14-4-2)19(22(27)23(25)28)21(26)16-9-11-24-12-10-16/h6-12,15,20,26H,3-5,13-14H2,1-2H3/b21-19-. The van der Waals surface area contributed by atoms with Crippen molar-refractivity contribution in [2.24, 2.45) is 0 Å². The number of benzene rings is 1. The molecule has 0 spiro atoms. The summed E-state index contributed by atoms with van der Waals surface area (Å²) >= 11 is 0. The number of unbranched alkanes of at least 4 members (excludes halogenated alkanes) is 1. The van der Waals surface area contributed by atoms with Crippen LogP contribution in [0.25, 0.3) is 5.76 Å². The first-order chi connectivity index (χ1) is 14.1. The predicted octanol–water partition coefficient (Wildman–Crippen LogP) is 4.09. The number of aliphatic hydroxyl groups excluding tert-OH is 1. The van der Waals surface area contributed by atoms with Crippen LogP contribution < -0.4 is 4.74 Å². The molecule has 1 amide bonds. The van der Waals surface area contributed by atoms with Crippen molar-refractivity contribution in [1.82, 2.24) is 9.88 Å². The molecule has 2 heterocycles. The zero-order valence-corrected chi connectivity index (χ0v) is 16.8. The van der Waals surface area contributed by atoms with Crippen molar-refractivity contribution in [2.75, 3.05) is 13.2 Å². The Morgan fingerprint density at radius 3 is 2.59 bits per heavy atom. The number of amides is 1. The van der Waals surface area contributed by atoms with Gasteiger partial charge in [-0.15, -0.1) is 0 Å². The molecule has 1 unspecified atom stereocenters. The van der Waals surface area contributed by atoms with Crippen LogP contribution >= 0.6 is 0 Å². The molecule has 0 radical (unpaired) electrons. The molecule has 0 saturated carbocycles. The summed E-state index contributed by atoms with van der Waals surface area (Å²) in [7, 11) is 0. The third kappa shape index (κ3) is 4.31. The van der Waals surface area contributed by atoms with Gasteiger partial charge in [-0.25, -0.2) is 0 Å². The van der Waals surface area contributed by atoms with E-state index in [1.807, 2.05) is 38.1 Å². The zero-order valence-electron chi connectivity index (χ0n) is 16.8. The van der Waals surface area contributed by atoms with Gasteiger partial charge in [0.15, 0.2) is 0 Å². The summed E-state index contributed by atoms with van der Waals surface area (Å²) in [6.45, 7) is 5.08. The number of likely N-dealkylation sites (tertiary alicyclic amines) is 1. The fraction of sp³-hybridized carbons (Fsp3) is 0.348. The molecule has 0 aliphatic carbocycles. The van der Waals surface area contributed by atoms with Crippen molar-refractivity contribution >= 4 is 17.4 Å². The molecule has 0 bridgehead atoms. The lowest BCUT2D eigenvalue weighted by Crippen LogP contribution is -2.30. The van der Waals surface area contributed by atoms with Crippen molar-refractivity contribution in [3.05, 3.63) is 65.5 Å². The molecule has 152 valence electrons. The lowest BCUT2D eigenvalue weighted by Gasteiger charge is -2.25. The molecule has 3 rings (SSSR count). The molecule has 6 heteroatoms. The summed E-state index contributed by atoms with van der Waals surface area (Å²) < 4.78 is 5.73. The van der Waals surface area contributed by atoms with Crippen LogP contribution in [0.5, 0.6) is 5.75 Å². The van der Waals surface area contributed by atoms with Crippen LogP contribution in [0.3, 0.4) is 0 Å². The number of aliphatic hydroxyl groups is 1. The fourth-order valence-electron chi connectivity index (χ4n) is 3.45. The molecule has 1 atom stereocenters. The van der Waals surface area contributed by atoms with E-state index in [9.17, 15) is 14.7 Å². The summed E-state index contributed by atoms with van der Waals surface area (Å²) in [6.07, 6.45) is 5.61. The monoisotopic (exact) mass is 394 g/mol. The van der Waals surface area contributed by atoms with Crippen LogP contribution in [0.15, 0.2) is 54.4 Å². The average Bonchev–Trinajstić information content (AvgIpc) is 3.01. The Morgan fingerprint density at radius 2 is 1.90 bits per heavy atom. The Hall–Kier alpha value is -3.15. The maximum absolute atomic E-state index is 12.9. The highest BCUT2D eigenvalue weighted by atomic mass is 16.5. The van der Waals surface area contributed by atoms with Crippen LogP contribution in [0.4, 0.5) is 0 Å². The van der Waals surface area contributed by atoms with E-state index in [-0.39, 0.29) is 11.3 Å². The normalized spacial score (nSPS) is 18.3. The molecular weight excluding hydrogens is 368 g/mol. The van der Waals surface area contributed by atoms with Crippen molar-refractivity contribution in [1.29, 1.82) is 0 Å². The van der Waals surface area contributed by atoms with E-state index >= 15 is 0 Å². The average molecular weight is 394 g/mol. The molecule has 6 nitrogen and oxygen atoms in total. The fourth-order valence-corrected chi connectivity index (χ4v) is 3.45. The number of ether oxygens (including phenoxy) is 1. The summed E-state index contributed by atoms with van der Waals surface area (Å²) in [6, 6.07) is 9.96. The molecule has 2 aromatic rings. The topological polar surface area (TPSA) is 79.7 Å². The van der Waals surface area contributed by atoms with E-state index < -0.39 is 17.7 Å². The highest BCUT2D eigenvalue weighted by molar-refractivity contribution is 6.46. The van der Waals surface area contributed by atoms with E-state index in [1.54, 1.807) is 17.0 Å². The predicted molar refractivity (Wildman–Crippen MR) is 110 cm³/mol. The lowest BCUT2D eigenvalue weighted by atomic mass is 9.95. The van der Waals surface area contributed by atoms with Crippen LogP contribution in [0, 0.1) is 0 Å². The molecule has 1 N–H and O–H groups in total.